The van der Waals surface area contributed by atoms with E-state index in [1.807, 2.05) is 0 Å². The van der Waals surface area contributed by atoms with E-state index in [4.69, 9.17) is 4.74 Å². The van der Waals surface area contributed by atoms with Gasteiger partial charge in [0.15, 0.2) is 0 Å². The van der Waals surface area contributed by atoms with Crippen LogP contribution in [0.3, 0.4) is 0 Å². The van der Waals surface area contributed by atoms with Crippen LogP contribution in [-0.2, 0) is 4.79 Å². The Morgan fingerprint density at radius 3 is 2.35 bits per heavy atom. The molecular weight excluding hydrogens is 346 g/mol. The molecule has 2 aromatic carbocycles. The number of carbonyl (C=O) groups is 1. The average molecular weight is 358 g/mol. The lowest BCUT2D eigenvalue weighted by Gasteiger charge is -2.04. The Morgan fingerprint density at radius 2 is 1.73 bits per heavy atom. The number of esters is 1. The summed E-state index contributed by atoms with van der Waals surface area (Å²) in [6.07, 6.45) is 4.18. The first-order valence-electron chi connectivity index (χ1n) is 7.38. The van der Waals surface area contributed by atoms with Crippen LogP contribution in [0.25, 0.3) is 11.8 Å². The molecule has 0 aliphatic carbocycles. The number of ether oxygens (including phenoxy) is 2. The lowest BCUT2D eigenvalue weighted by atomic mass is 10.2. The minimum absolute atomic E-state index is 0.0439. The van der Waals surface area contributed by atoms with Crippen LogP contribution in [0.1, 0.15) is 5.56 Å². The Morgan fingerprint density at radius 1 is 1.04 bits per heavy atom. The van der Waals surface area contributed by atoms with E-state index in [0.29, 0.717) is 11.3 Å². The molecular formula is C17H12F2N4O3. The number of rotatable bonds is 6. The van der Waals surface area contributed by atoms with Gasteiger partial charge in [0, 0.05) is 6.08 Å². The van der Waals surface area contributed by atoms with E-state index in [0.717, 1.165) is 5.69 Å². The van der Waals surface area contributed by atoms with Crippen molar-refractivity contribution >= 4 is 12.0 Å². The number of tetrazole rings is 1. The van der Waals surface area contributed by atoms with Crippen molar-refractivity contribution in [2.45, 2.75) is 6.61 Å². The van der Waals surface area contributed by atoms with Gasteiger partial charge < -0.3 is 9.47 Å². The van der Waals surface area contributed by atoms with Crippen LogP contribution in [0, 0.1) is 0 Å². The molecule has 0 atom stereocenters. The fraction of sp³-hybridized carbons (Fsp3) is 0.0588. The first kappa shape index (κ1) is 17.2. The van der Waals surface area contributed by atoms with Gasteiger partial charge in [-0.25, -0.2) is 9.48 Å². The van der Waals surface area contributed by atoms with E-state index in [1.165, 1.54) is 35.3 Å². The predicted octanol–water partition coefficient (Wildman–Crippen LogP) is 2.88. The average Bonchev–Trinajstić information content (AvgIpc) is 3.16. The predicted molar refractivity (Wildman–Crippen MR) is 86.9 cm³/mol. The molecule has 132 valence electrons. The normalized spacial score (nSPS) is 11.0. The van der Waals surface area contributed by atoms with Crippen LogP contribution in [-0.4, -0.2) is 32.8 Å². The Hall–Kier alpha value is -3.62. The summed E-state index contributed by atoms with van der Waals surface area (Å²) >= 11 is 0. The number of hydrogen-bond donors (Lipinski definition) is 0. The van der Waals surface area contributed by atoms with E-state index in [9.17, 15) is 13.6 Å². The highest BCUT2D eigenvalue weighted by molar-refractivity contribution is 5.88. The van der Waals surface area contributed by atoms with Crippen LogP contribution in [0.2, 0.25) is 0 Å². The number of carbonyl (C=O) groups excluding carboxylic acids is 1. The standard InChI is InChI=1S/C17H12F2N4O3/c18-17(19)26-15-6-1-12(2-7-15)3-10-16(24)25-14-8-4-13(5-9-14)23-11-20-21-22-23/h1-11,17H. The summed E-state index contributed by atoms with van der Waals surface area (Å²) in [6, 6.07) is 12.5. The van der Waals surface area contributed by atoms with Gasteiger partial charge in [-0.2, -0.15) is 8.78 Å². The number of alkyl halides is 2. The summed E-state index contributed by atoms with van der Waals surface area (Å²) in [7, 11) is 0. The molecule has 7 nitrogen and oxygen atoms in total. The van der Waals surface area contributed by atoms with Gasteiger partial charge in [0.2, 0.25) is 0 Å². The fourth-order valence-corrected chi connectivity index (χ4v) is 2.02. The van der Waals surface area contributed by atoms with Crippen LogP contribution >= 0.6 is 0 Å². The molecule has 0 saturated carbocycles. The van der Waals surface area contributed by atoms with E-state index in [1.54, 1.807) is 36.4 Å². The topological polar surface area (TPSA) is 79.1 Å². The maximum atomic E-state index is 12.1. The smallest absolute Gasteiger partial charge is 0.387 e. The highest BCUT2D eigenvalue weighted by Gasteiger charge is 2.04. The fourth-order valence-electron chi connectivity index (χ4n) is 2.02. The maximum absolute atomic E-state index is 12.1. The molecule has 0 saturated heterocycles. The largest absolute Gasteiger partial charge is 0.435 e. The van der Waals surface area contributed by atoms with Gasteiger partial charge in [-0.15, -0.1) is 5.10 Å². The summed E-state index contributed by atoms with van der Waals surface area (Å²) in [6.45, 7) is -2.88. The minimum Gasteiger partial charge on any atom is -0.435 e. The Kier molecular flexibility index (Phi) is 5.28. The van der Waals surface area contributed by atoms with Gasteiger partial charge in [-0.3, -0.25) is 0 Å². The summed E-state index contributed by atoms with van der Waals surface area (Å²) in [5, 5.41) is 10.8. The summed E-state index contributed by atoms with van der Waals surface area (Å²) in [5.41, 5.74) is 1.36. The van der Waals surface area contributed by atoms with E-state index in [-0.39, 0.29) is 5.75 Å². The van der Waals surface area contributed by atoms with E-state index >= 15 is 0 Å². The van der Waals surface area contributed by atoms with Crippen molar-refractivity contribution in [1.29, 1.82) is 0 Å². The molecule has 0 aliphatic rings. The third kappa shape index (κ3) is 4.69. The lowest BCUT2D eigenvalue weighted by Crippen LogP contribution is -2.04. The molecule has 0 bridgehead atoms. The molecule has 0 unspecified atom stereocenters. The monoisotopic (exact) mass is 358 g/mol. The Balaban J connectivity index is 1.57. The minimum atomic E-state index is -2.88. The van der Waals surface area contributed by atoms with Gasteiger partial charge in [-0.05, 0) is 58.5 Å². The Labute approximate surface area is 146 Å². The molecule has 0 fully saturated rings. The Bertz CT molecular complexity index is 879. The molecule has 0 N–H and O–H groups in total. The van der Waals surface area contributed by atoms with Gasteiger partial charge in [0.1, 0.15) is 17.8 Å². The maximum Gasteiger partial charge on any atom is 0.387 e. The quantitative estimate of drug-likeness (QED) is 0.383. The molecule has 0 amide bonds. The number of benzene rings is 2. The molecule has 1 heterocycles. The molecule has 1 aromatic heterocycles. The first-order chi connectivity index (χ1) is 12.6. The zero-order valence-corrected chi connectivity index (χ0v) is 13.2. The van der Waals surface area contributed by atoms with Gasteiger partial charge in [0.05, 0.1) is 5.69 Å². The van der Waals surface area contributed by atoms with Gasteiger partial charge in [0.25, 0.3) is 0 Å². The molecule has 0 aliphatic heterocycles. The van der Waals surface area contributed by atoms with Crippen molar-refractivity contribution in [3.8, 4) is 17.2 Å². The summed E-state index contributed by atoms with van der Waals surface area (Å²) < 4.78 is 35.0. The van der Waals surface area contributed by atoms with Crippen molar-refractivity contribution in [2.24, 2.45) is 0 Å². The van der Waals surface area contributed by atoms with Crippen molar-refractivity contribution in [3.63, 3.8) is 0 Å². The molecule has 3 aromatic rings. The lowest BCUT2D eigenvalue weighted by molar-refractivity contribution is -0.128. The second-order valence-corrected chi connectivity index (χ2v) is 4.95. The molecule has 3 rings (SSSR count). The number of aromatic nitrogens is 4. The third-order valence-electron chi connectivity index (χ3n) is 3.19. The van der Waals surface area contributed by atoms with Crippen LogP contribution in [0.5, 0.6) is 11.5 Å². The second-order valence-electron chi connectivity index (χ2n) is 4.95. The number of halogens is 2. The molecule has 26 heavy (non-hydrogen) atoms. The van der Waals surface area contributed by atoms with Crippen molar-refractivity contribution in [3.05, 3.63) is 66.5 Å². The first-order valence-corrected chi connectivity index (χ1v) is 7.38. The van der Waals surface area contributed by atoms with Crippen molar-refractivity contribution < 1.29 is 23.0 Å². The number of nitrogens with zero attached hydrogens (tertiary/aromatic N) is 4. The summed E-state index contributed by atoms with van der Waals surface area (Å²) in [4.78, 5) is 11.8. The van der Waals surface area contributed by atoms with Crippen molar-refractivity contribution in [2.75, 3.05) is 0 Å². The number of hydrogen-bond acceptors (Lipinski definition) is 6. The van der Waals surface area contributed by atoms with Crippen LogP contribution in [0.4, 0.5) is 8.78 Å². The molecule has 9 heteroatoms. The molecule has 0 spiro atoms. The van der Waals surface area contributed by atoms with Crippen molar-refractivity contribution in [1.82, 2.24) is 20.2 Å². The molecule has 0 radical (unpaired) electrons. The summed E-state index contributed by atoms with van der Waals surface area (Å²) in [5.74, 6) is -0.173. The SMILES string of the molecule is O=C(C=Cc1ccc(OC(F)F)cc1)Oc1ccc(-n2cnnn2)cc1. The zero-order chi connectivity index (χ0) is 18.4. The van der Waals surface area contributed by atoms with Gasteiger partial charge in [-0.1, -0.05) is 12.1 Å². The van der Waals surface area contributed by atoms with E-state index in [2.05, 4.69) is 20.3 Å². The van der Waals surface area contributed by atoms with Crippen LogP contribution < -0.4 is 9.47 Å². The van der Waals surface area contributed by atoms with Gasteiger partial charge >= 0.3 is 12.6 Å². The second kappa shape index (κ2) is 7.97. The van der Waals surface area contributed by atoms with Crippen LogP contribution in [0.15, 0.2) is 60.9 Å². The van der Waals surface area contributed by atoms with E-state index < -0.39 is 12.6 Å². The highest BCUT2D eigenvalue weighted by atomic mass is 19.3. The zero-order valence-electron chi connectivity index (χ0n) is 13.2. The highest BCUT2D eigenvalue weighted by Crippen LogP contribution is 2.17. The third-order valence-corrected chi connectivity index (χ3v) is 3.19.